The number of aliphatic hydroxyl groups excluding tert-OH is 1. The van der Waals surface area contributed by atoms with Crippen LogP contribution in [-0.4, -0.2) is 31.3 Å². The number of unbranched alkanes of at least 4 members (excludes halogenated alkanes) is 3. The molecule has 1 aromatic rings. The second-order valence-electron chi connectivity index (χ2n) is 3.71. The molecule has 0 saturated carbocycles. The zero-order valence-electron chi connectivity index (χ0n) is 10.1. The Bertz CT molecular complexity index is 338. The van der Waals surface area contributed by atoms with Crippen molar-refractivity contribution < 1.29 is 14.6 Å². The molecule has 1 rings (SSSR count). The van der Waals surface area contributed by atoms with Crippen molar-refractivity contribution in [2.24, 2.45) is 0 Å². The summed E-state index contributed by atoms with van der Waals surface area (Å²) in [4.78, 5) is 12.4. The summed E-state index contributed by atoms with van der Waals surface area (Å²) in [5.74, 6) is 0.562. The first kappa shape index (κ1) is 14.0. The molecule has 17 heavy (non-hydrogen) atoms. The topological polar surface area (TPSA) is 58.6 Å². The Hall–Kier alpha value is -1.07. The van der Waals surface area contributed by atoms with Crippen molar-refractivity contribution in [2.75, 3.05) is 20.3 Å². The predicted octanol–water partition coefficient (Wildman–Crippen LogP) is 2.04. The van der Waals surface area contributed by atoms with Crippen molar-refractivity contribution in [1.29, 1.82) is 0 Å². The number of nitrogens with one attached hydrogen (secondary N) is 1. The number of methoxy groups -OCH3 is 1. The van der Waals surface area contributed by atoms with Crippen molar-refractivity contribution in [3.8, 4) is 5.75 Å². The highest BCUT2D eigenvalue weighted by atomic mass is 32.1. The minimum atomic E-state index is -0.0704. The molecular weight excluding hydrogens is 238 g/mol. The fourth-order valence-electron chi connectivity index (χ4n) is 1.50. The molecule has 0 aliphatic rings. The van der Waals surface area contributed by atoms with E-state index in [4.69, 9.17) is 9.84 Å². The van der Waals surface area contributed by atoms with Crippen LogP contribution in [-0.2, 0) is 0 Å². The van der Waals surface area contributed by atoms with Gasteiger partial charge < -0.3 is 15.2 Å². The van der Waals surface area contributed by atoms with Crippen LogP contribution in [0.2, 0.25) is 0 Å². The number of amides is 1. The molecule has 0 saturated heterocycles. The van der Waals surface area contributed by atoms with Gasteiger partial charge in [0.1, 0.15) is 10.6 Å². The van der Waals surface area contributed by atoms with E-state index in [0.29, 0.717) is 17.2 Å². The van der Waals surface area contributed by atoms with Crippen molar-refractivity contribution >= 4 is 17.2 Å². The van der Waals surface area contributed by atoms with E-state index in [1.165, 1.54) is 11.3 Å². The summed E-state index contributed by atoms with van der Waals surface area (Å²) in [5.41, 5.74) is 0. The van der Waals surface area contributed by atoms with E-state index >= 15 is 0 Å². The second-order valence-corrected chi connectivity index (χ2v) is 4.63. The molecule has 0 spiro atoms. The monoisotopic (exact) mass is 257 g/mol. The first-order chi connectivity index (χ1) is 8.29. The Morgan fingerprint density at radius 1 is 1.41 bits per heavy atom. The smallest absolute Gasteiger partial charge is 0.265 e. The number of hydrogen-bond donors (Lipinski definition) is 2. The van der Waals surface area contributed by atoms with Gasteiger partial charge in [0.05, 0.1) is 7.11 Å². The third-order valence-corrected chi connectivity index (χ3v) is 3.32. The molecule has 1 aromatic heterocycles. The number of thiophene rings is 1. The van der Waals surface area contributed by atoms with Crippen LogP contribution in [0.1, 0.15) is 35.4 Å². The summed E-state index contributed by atoms with van der Waals surface area (Å²) in [6, 6.07) is 1.79. The van der Waals surface area contributed by atoms with Crippen LogP contribution in [0.15, 0.2) is 11.4 Å². The molecule has 1 heterocycles. The molecule has 5 heteroatoms. The molecule has 4 nitrogen and oxygen atoms in total. The largest absolute Gasteiger partial charge is 0.495 e. The average molecular weight is 257 g/mol. The number of rotatable bonds is 8. The first-order valence-corrected chi connectivity index (χ1v) is 6.68. The van der Waals surface area contributed by atoms with Gasteiger partial charge in [0.25, 0.3) is 5.91 Å². The highest BCUT2D eigenvalue weighted by molar-refractivity contribution is 7.12. The number of carbonyl (C=O) groups is 1. The van der Waals surface area contributed by atoms with E-state index in [1.807, 2.05) is 5.38 Å². The lowest BCUT2D eigenvalue weighted by Crippen LogP contribution is -2.23. The van der Waals surface area contributed by atoms with Crippen molar-refractivity contribution in [2.45, 2.75) is 25.7 Å². The van der Waals surface area contributed by atoms with Crippen LogP contribution >= 0.6 is 11.3 Å². The molecule has 1 amide bonds. The molecular formula is C12H19NO3S. The minimum absolute atomic E-state index is 0.0704. The highest BCUT2D eigenvalue weighted by Crippen LogP contribution is 2.23. The third kappa shape index (κ3) is 4.75. The van der Waals surface area contributed by atoms with Gasteiger partial charge in [-0.15, -0.1) is 11.3 Å². The summed E-state index contributed by atoms with van der Waals surface area (Å²) >= 11 is 1.38. The number of hydrogen-bond acceptors (Lipinski definition) is 4. The van der Waals surface area contributed by atoms with E-state index < -0.39 is 0 Å². The van der Waals surface area contributed by atoms with Crippen molar-refractivity contribution in [3.63, 3.8) is 0 Å². The van der Waals surface area contributed by atoms with Gasteiger partial charge in [0.15, 0.2) is 0 Å². The van der Waals surface area contributed by atoms with E-state index in [0.717, 1.165) is 25.7 Å². The predicted molar refractivity (Wildman–Crippen MR) is 68.8 cm³/mol. The summed E-state index contributed by atoms with van der Waals surface area (Å²) in [6.45, 7) is 0.921. The summed E-state index contributed by atoms with van der Waals surface area (Å²) in [6.07, 6.45) is 3.82. The molecule has 96 valence electrons. The minimum Gasteiger partial charge on any atom is -0.495 e. The lowest BCUT2D eigenvalue weighted by molar-refractivity contribution is 0.0954. The number of carbonyl (C=O) groups excluding carboxylic acids is 1. The van der Waals surface area contributed by atoms with Gasteiger partial charge in [-0.25, -0.2) is 0 Å². The van der Waals surface area contributed by atoms with Gasteiger partial charge in [-0.2, -0.15) is 0 Å². The third-order valence-electron chi connectivity index (χ3n) is 2.43. The van der Waals surface area contributed by atoms with Gasteiger partial charge in [-0.05, 0) is 24.3 Å². The van der Waals surface area contributed by atoms with Crippen LogP contribution in [0.4, 0.5) is 0 Å². The summed E-state index contributed by atoms with van der Waals surface area (Å²) in [5, 5.41) is 13.3. The van der Waals surface area contributed by atoms with E-state index in [1.54, 1.807) is 13.2 Å². The average Bonchev–Trinajstić information content (AvgIpc) is 2.81. The van der Waals surface area contributed by atoms with Crippen LogP contribution in [0.5, 0.6) is 5.75 Å². The Morgan fingerprint density at radius 2 is 2.18 bits per heavy atom. The summed E-state index contributed by atoms with van der Waals surface area (Å²) in [7, 11) is 1.56. The summed E-state index contributed by atoms with van der Waals surface area (Å²) < 4.78 is 5.09. The van der Waals surface area contributed by atoms with E-state index in [-0.39, 0.29) is 12.5 Å². The molecule has 0 aliphatic carbocycles. The van der Waals surface area contributed by atoms with E-state index in [9.17, 15) is 4.79 Å². The highest BCUT2D eigenvalue weighted by Gasteiger charge is 2.12. The molecule has 0 unspecified atom stereocenters. The molecule has 0 radical (unpaired) electrons. The molecule has 0 aromatic carbocycles. The van der Waals surface area contributed by atoms with Crippen molar-refractivity contribution in [3.05, 3.63) is 16.3 Å². The molecule has 2 N–H and O–H groups in total. The molecule has 0 bridgehead atoms. The molecule has 0 atom stereocenters. The van der Waals surface area contributed by atoms with Gasteiger partial charge >= 0.3 is 0 Å². The zero-order valence-corrected chi connectivity index (χ0v) is 10.9. The fraction of sp³-hybridized carbons (Fsp3) is 0.583. The standard InChI is InChI=1S/C12H19NO3S/c1-16-10-6-9-17-11(10)12(15)13-7-4-2-3-5-8-14/h6,9,14H,2-5,7-8H2,1H3,(H,13,15). The molecule has 0 fully saturated rings. The maximum absolute atomic E-state index is 11.8. The van der Waals surface area contributed by atoms with Gasteiger partial charge in [-0.1, -0.05) is 12.8 Å². The quantitative estimate of drug-likeness (QED) is 0.701. The fourth-order valence-corrected chi connectivity index (χ4v) is 2.27. The number of aliphatic hydroxyl groups is 1. The second kappa shape index (κ2) is 8.08. The zero-order chi connectivity index (χ0) is 12.5. The van der Waals surface area contributed by atoms with E-state index in [2.05, 4.69) is 5.32 Å². The van der Waals surface area contributed by atoms with Crippen LogP contribution < -0.4 is 10.1 Å². The van der Waals surface area contributed by atoms with Crippen molar-refractivity contribution in [1.82, 2.24) is 5.32 Å². The normalized spacial score (nSPS) is 10.2. The van der Waals surface area contributed by atoms with Gasteiger partial charge in [0.2, 0.25) is 0 Å². The van der Waals surface area contributed by atoms with Gasteiger partial charge in [0, 0.05) is 13.2 Å². The van der Waals surface area contributed by atoms with Crippen LogP contribution in [0.3, 0.4) is 0 Å². The Balaban J connectivity index is 2.21. The maximum Gasteiger partial charge on any atom is 0.265 e. The lowest BCUT2D eigenvalue weighted by Gasteiger charge is -2.05. The first-order valence-electron chi connectivity index (χ1n) is 5.80. The van der Waals surface area contributed by atoms with Crippen LogP contribution in [0, 0.1) is 0 Å². The number of ether oxygens (including phenoxy) is 1. The Morgan fingerprint density at radius 3 is 2.88 bits per heavy atom. The SMILES string of the molecule is COc1ccsc1C(=O)NCCCCCCO. The molecule has 0 aliphatic heterocycles. The maximum atomic E-state index is 11.8. The Labute approximate surface area is 106 Å². The van der Waals surface area contributed by atoms with Gasteiger partial charge in [-0.3, -0.25) is 4.79 Å². The van der Waals surface area contributed by atoms with Crippen LogP contribution in [0.25, 0.3) is 0 Å². The Kier molecular flexibility index (Phi) is 6.65. The lowest BCUT2D eigenvalue weighted by atomic mass is 10.2.